The highest BCUT2D eigenvalue weighted by atomic mass is 16.5. The molecule has 100 valence electrons. The van der Waals surface area contributed by atoms with Gasteiger partial charge in [-0.25, -0.2) is 0 Å². The normalized spacial score (nSPS) is 17.1. The topological polar surface area (TPSA) is 21.3 Å². The highest BCUT2D eigenvalue weighted by Crippen LogP contribution is 2.25. The van der Waals surface area contributed by atoms with Crippen LogP contribution in [0.2, 0.25) is 0 Å². The van der Waals surface area contributed by atoms with Crippen LogP contribution in [0.1, 0.15) is 43.7 Å². The maximum absolute atomic E-state index is 6.04. The van der Waals surface area contributed by atoms with Crippen molar-refractivity contribution in [1.82, 2.24) is 5.32 Å². The Bertz CT molecular complexity index is 381. The minimum Gasteiger partial charge on any atom is -0.493 e. The Labute approximate surface area is 111 Å². The van der Waals surface area contributed by atoms with Crippen molar-refractivity contribution in [3.63, 3.8) is 0 Å². The van der Waals surface area contributed by atoms with Crippen LogP contribution in [0, 0.1) is 12.8 Å². The first-order valence-corrected chi connectivity index (χ1v) is 7.11. The van der Waals surface area contributed by atoms with Crippen molar-refractivity contribution >= 4 is 0 Å². The average Bonchev–Trinajstić information content (AvgIpc) is 2.38. The lowest BCUT2D eigenvalue weighted by atomic mass is 9.99. The number of rotatable bonds is 4. The van der Waals surface area contributed by atoms with Gasteiger partial charge in [0.1, 0.15) is 5.75 Å². The van der Waals surface area contributed by atoms with E-state index in [0.717, 1.165) is 25.4 Å². The Morgan fingerprint density at radius 3 is 2.67 bits per heavy atom. The lowest BCUT2D eigenvalue weighted by Gasteiger charge is -2.23. The molecule has 0 amide bonds. The monoisotopic (exact) mass is 247 g/mol. The maximum atomic E-state index is 6.04. The molecule has 0 bridgehead atoms. The lowest BCUT2D eigenvalue weighted by molar-refractivity contribution is 0.214. The Hall–Kier alpha value is -1.02. The molecule has 0 radical (unpaired) electrons. The summed E-state index contributed by atoms with van der Waals surface area (Å²) in [4.78, 5) is 0. The van der Waals surface area contributed by atoms with Crippen LogP contribution in [0.4, 0.5) is 0 Å². The van der Waals surface area contributed by atoms with Crippen LogP contribution < -0.4 is 10.1 Å². The number of benzene rings is 1. The fourth-order valence-corrected chi connectivity index (χ4v) is 2.39. The molecule has 18 heavy (non-hydrogen) atoms. The summed E-state index contributed by atoms with van der Waals surface area (Å²) in [5.74, 6) is 2.35. The SMILES string of the molecule is Cc1ccc(C(C)C)cc1OCC1CCNCC1. The van der Waals surface area contributed by atoms with Gasteiger partial charge in [0, 0.05) is 0 Å². The minimum absolute atomic E-state index is 0.562. The van der Waals surface area contributed by atoms with Gasteiger partial charge in [-0.05, 0) is 61.9 Å². The standard InChI is InChI=1S/C16H25NO/c1-12(2)15-5-4-13(3)16(10-15)18-11-14-6-8-17-9-7-14/h4-5,10,12,14,17H,6-9,11H2,1-3H3. The second kappa shape index (κ2) is 6.24. The first-order valence-electron chi connectivity index (χ1n) is 7.11. The molecule has 1 aromatic rings. The van der Waals surface area contributed by atoms with Gasteiger partial charge in [-0.1, -0.05) is 26.0 Å². The second-order valence-electron chi connectivity index (χ2n) is 5.68. The van der Waals surface area contributed by atoms with Crippen molar-refractivity contribution in [1.29, 1.82) is 0 Å². The summed E-state index contributed by atoms with van der Waals surface area (Å²) in [7, 11) is 0. The minimum atomic E-state index is 0.562. The van der Waals surface area contributed by atoms with E-state index in [0.29, 0.717) is 11.8 Å². The van der Waals surface area contributed by atoms with Gasteiger partial charge in [0.15, 0.2) is 0 Å². The number of piperidine rings is 1. The third-order valence-electron chi connectivity index (χ3n) is 3.81. The largest absolute Gasteiger partial charge is 0.493 e. The Balaban J connectivity index is 1.97. The maximum Gasteiger partial charge on any atom is 0.122 e. The summed E-state index contributed by atoms with van der Waals surface area (Å²) in [5, 5.41) is 3.39. The molecular weight excluding hydrogens is 222 g/mol. The fourth-order valence-electron chi connectivity index (χ4n) is 2.39. The van der Waals surface area contributed by atoms with Crippen LogP contribution in [0.5, 0.6) is 5.75 Å². The third-order valence-corrected chi connectivity index (χ3v) is 3.81. The predicted molar refractivity (Wildman–Crippen MR) is 76.4 cm³/mol. The zero-order chi connectivity index (χ0) is 13.0. The Morgan fingerprint density at radius 1 is 1.28 bits per heavy atom. The van der Waals surface area contributed by atoms with Crippen LogP contribution >= 0.6 is 0 Å². The average molecular weight is 247 g/mol. The second-order valence-corrected chi connectivity index (χ2v) is 5.68. The molecule has 0 aromatic heterocycles. The number of ether oxygens (including phenoxy) is 1. The molecule has 0 saturated carbocycles. The Kier molecular flexibility index (Phi) is 4.65. The van der Waals surface area contributed by atoms with Gasteiger partial charge < -0.3 is 10.1 Å². The van der Waals surface area contributed by atoms with Gasteiger partial charge in [-0.2, -0.15) is 0 Å². The molecule has 2 rings (SSSR count). The van der Waals surface area contributed by atoms with E-state index in [-0.39, 0.29) is 0 Å². The molecule has 1 saturated heterocycles. The van der Waals surface area contributed by atoms with Gasteiger partial charge in [0.25, 0.3) is 0 Å². The van der Waals surface area contributed by atoms with Crippen LogP contribution in [-0.2, 0) is 0 Å². The van der Waals surface area contributed by atoms with Crippen LogP contribution in [0.3, 0.4) is 0 Å². The molecule has 1 aliphatic rings. The highest BCUT2D eigenvalue weighted by Gasteiger charge is 2.14. The molecule has 1 aliphatic heterocycles. The van der Waals surface area contributed by atoms with Gasteiger partial charge in [0.05, 0.1) is 6.61 Å². The quantitative estimate of drug-likeness (QED) is 0.879. The summed E-state index contributed by atoms with van der Waals surface area (Å²) < 4.78 is 6.04. The fraction of sp³-hybridized carbons (Fsp3) is 0.625. The van der Waals surface area contributed by atoms with E-state index in [2.05, 4.69) is 44.3 Å². The van der Waals surface area contributed by atoms with Crippen LogP contribution in [-0.4, -0.2) is 19.7 Å². The molecule has 2 nitrogen and oxygen atoms in total. The summed E-state index contributed by atoms with van der Waals surface area (Å²) in [5.41, 5.74) is 2.61. The van der Waals surface area contributed by atoms with E-state index in [1.807, 2.05) is 0 Å². The number of hydrogen-bond donors (Lipinski definition) is 1. The first-order chi connectivity index (χ1) is 8.66. The van der Waals surface area contributed by atoms with E-state index < -0.39 is 0 Å². The highest BCUT2D eigenvalue weighted by molar-refractivity contribution is 5.37. The molecule has 2 heteroatoms. The molecule has 0 atom stereocenters. The van der Waals surface area contributed by atoms with Gasteiger partial charge in [0.2, 0.25) is 0 Å². The van der Waals surface area contributed by atoms with E-state index >= 15 is 0 Å². The van der Waals surface area contributed by atoms with Crippen molar-refractivity contribution in [2.24, 2.45) is 5.92 Å². The van der Waals surface area contributed by atoms with Crippen LogP contribution in [0.15, 0.2) is 18.2 Å². The summed E-state index contributed by atoms with van der Waals surface area (Å²) in [6.45, 7) is 9.71. The van der Waals surface area contributed by atoms with Gasteiger partial charge >= 0.3 is 0 Å². The van der Waals surface area contributed by atoms with E-state index in [1.54, 1.807) is 0 Å². The zero-order valence-electron chi connectivity index (χ0n) is 11.8. The van der Waals surface area contributed by atoms with E-state index in [4.69, 9.17) is 4.74 Å². The summed E-state index contributed by atoms with van der Waals surface area (Å²) in [6, 6.07) is 6.59. The summed E-state index contributed by atoms with van der Waals surface area (Å²) in [6.07, 6.45) is 2.48. The van der Waals surface area contributed by atoms with E-state index in [9.17, 15) is 0 Å². The number of nitrogens with one attached hydrogen (secondary N) is 1. The van der Waals surface area contributed by atoms with Gasteiger partial charge in [-0.3, -0.25) is 0 Å². The smallest absolute Gasteiger partial charge is 0.122 e. The molecule has 1 N–H and O–H groups in total. The van der Waals surface area contributed by atoms with Crippen molar-refractivity contribution < 1.29 is 4.74 Å². The predicted octanol–water partition coefficient (Wildman–Crippen LogP) is 3.50. The van der Waals surface area contributed by atoms with Crippen LogP contribution in [0.25, 0.3) is 0 Å². The molecule has 1 aromatic carbocycles. The Morgan fingerprint density at radius 2 is 2.00 bits per heavy atom. The molecule has 0 spiro atoms. The number of hydrogen-bond acceptors (Lipinski definition) is 2. The molecule has 0 aliphatic carbocycles. The molecular formula is C16H25NO. The number of aryl methyl sites for hydroxylation is 1. The first kappa shape index (κ1) is 13.4. The molecule has 0 unspecified atom stereocenters. The summed E-state index contributed by atoms with van der Waals surface area (Å²) >= 11 is 0. The van der Waals surface area contributed by atoms with Crippen molar-refractivity contribution in [2.75, 3.05) is 19.7 Å². The third kappa shape index (κ3) is 3.49. The van der Waals surface area contributed by atoms with Crippen molar-refractivity contribution in [3.8, 4) is 5.75 Å². The zero-order valence-corrected chi connectivity index (χ0v) is 11.8. The van der Waals surface area contributed by atoms with E-state index in [1.165, 1.54) is 24.0 Å². The lowest BCUT2D eigenvalue weighted by Crippen LogP contribution is -2.30. The van der Waals surface area contributed by atoms with Crippen molar-refractivity contribution in [3.05, 3.63) is 29.3 Å². The van der Waals surface area contributed by atoms with Crippen molar-refractivity contribution in [2.45, 2.75) is 39.5 Å². The molecule has 1 heterocycles. The molecule has 1 fully saturated rings. The van der Waals surface area contributed by atoms with Gasteiger partial charge in [-0.15, -0.1) is 0 Å².